The first-order valence-corrected chi connectivity index (χ1v) is 11.7. The summed E-state index contributed by atoms with van der Waals surface area (Å²) in [4.78, 5) is 18.5. The van der Waals surface area contributed by atoms with Crippen molar-refractivity contribution in [3.63, 3.8) is 0 Å². The van der Waals surface area contributed by atoms with Crippen molar-refractivity contribution in [3.8, 4) is 0 Å². The van der Waals surface area contributed by atoms with Crippen molar-refractivity contribution < 1.29 is 13.6 Å². The minimum atomic E-state index is -2.67. The third-order valence-electron chi connectivity index (χ3n) is 5.93. The number of hydrogen-bond donors (Lipinski definition) is 2. The molecule has 1 aliphatic heterocycles. The van der Waals surface area contributed by atoms with E-state index in [0.717, 1.165) is 11.2 Å². The number of aryl methyl sites for hydroxylation is 1. The molecule has 10 heteroatoms. The number of nitrogens with zero attached hydrogens (tertiary/aromatic N) is 3. The van der Waals surface area contributed by atoms with Crippen molar-refractivity contribution in [3.05, 3.63) is 45.9 Å². The summed E-state index contributed by atoms with van der Waals surface area (Å²) in [6.45, 7) is 5.80. The molecular weight excluding hydrogens is 483 g/mol. The van der Waals surface area contributed by atoms with Crippen LogP contribution in [0.4, 0.5) is 26.1 Å². The third kappa shape index (κ3) is 4.93. The Morgan fingerprint density at radius 1 is 1.21 bits per heavy atom. The highest BCUT2D eigenvalue weighted by atomic mass is 35.5. The van der Waals surface area contributed by atoms with E-state index < -0.39 is 11.3 Å². The second-order valence-corrected chi connectivity index (χ2v) is 10.4. The van der Waals surface area contributed by atoms with Crippen LogP contribution in [0.15, 0.2) is 30.3 Å². The summed E-state index contributed by atoms with van der Waals surface area (Å²) in [7, 11) is 1.83. The van der Waals surface area contributed by atoms with Gasteiger partial charge in [-0.2, -0.15) is 0 Å². The molecule has 0 unspecified atom stereocenters. The minimum absolute atomic E-state index is 0.0880. The Labute approximate surface area is 207 Å². The van der Waals surface area contributed by atoms with Gasteiger partial charge in [-0.15, -0.1) is 0 Å². The second-order valence-electron chi connectivity index (χ2n) is 9.65. The van der Waals surface area contributed by atoms with Gasteiger partial charge in [-0.1, -0.05) is 50.0 Å². The van der Waals surface area contributed by atoms with E-state index in [1.54, 1.807) is 23.1 Å². The molecule has 3 aromatic rings. The Morgan fingerprint density at radius 3 is 2.59 bits per heavy atom. The minimum Gasteiger partial charge on any atom is -0.365 e. The summed E-state index contributed by atoms with van der Waals surface area (Å²) in [6.07, 6.45) is -0.146. The van der Waals surface area contributed by atoms with Crippen molar-refractivity contribution in [2.75, 3.05) is 23.3 Å². The number of benzene rings is 2. The van der Waals surface area contributed by atoms with Crippen molar-refractivity contribution in [2.24, 2.45) is 12.5 Å². The first kappa shape index (κ1) is 24.5. The maximum Gasteiger partial charge on any atom is 0.266 e. The lowest BCUT2D eigenvalue weighted by atomic mass is 9.95. The molecule has 2 aromatic carbocycles. The molecule has 2 heterocycles. The molecule has 0 spiro atoms. The quantitative estimate of drug-likeness (QED) is 0.434. The lowest BCUT2D eigenvalue weighted by molar-refractivity contribution is -0.128. The number of halogens is 4. The van der Waals surface area contributed by atoms with Gasteiger partial charge in [0.2, 0.25) is 11.9 Å². The van der Waals surface area contributed by atoms with Gasteiger partial charge in [0, 0.05) is 37.7 Å². The number of carbonyl (C=O) groups excluding carboxylic acids is 1. The molecule has 2 N–H and O–H groups in total. The molecule has 1 fully saturated rings. The molecule has 1 aromatic heterocycles. The smallest absolute Gasteiger partial charge is 0.266 e. The van der Waals surface area contributed by atoms with Crippen molar-refractivity contribution in [1.29, 1.82) is 0 Å². The summed E-state index contributed by atoms with van der Waals surface area (Å²) in [5.74, 6) is -2.26. The number of carbonyl (C=O) groups is 1. The van der Waals surface area contributed by atoms with Gasteiger partial charge in [-0.25, -0.2) is 13.8 Å². The molecule has 182 valence electrons. The maximum absolute atomic E-state index is 13.7. The topological polar surface area (TPSA) is 62.2 Å². The standard InChI is InChI=1S/C24H27Cl2F2N5O/c1-23(2,3)21(34)29-12-14-5-7-16(25)20(19(14)26)31-22-30-17-8-6-15(11-18(17)32(22)4)33-10-9-24(27,28)13-33/h5-8,11H,9-10,12-13H2,1-4H3,(H,29,34)(H,30,31). The molecule has 6 nitrogen and oxygen atoms in total. The van der Waals surface area contributed by atoms with E-state index in [2.05, 4.69) is 15.6 Å². The van der Waals surface area contributed by atoms with E-state index >= 15 is 0 Å². The predicted octanol–water partition coefficient (Wildman–Crippen LogP) is 6.13. The van der Waals surface area contributed by atoms with Crippen LogP contribution in [0, 0.1) is 5.41 Å². The van der Waals surface area contributed by atoms with Crippen molar-refractivity contribution >= 4 is 57.5 Å². The SMILES string of the molecule is Cn1c(Nc2c(Cl)ccc(CNC(=O)C(C)(C)C)c2Cl)nc2ccc(N3CCC(F)(F)C3)cc21. The highest BCUT2D eigenvalue weighted by Crippen LogP contribution is 2.37. The Balaban J connectivity index is 1.60. The molecule has 0 atom stereocenters. The van der Waals surface area contributed by atoms with Crippen molar-refractivity contribution in [2.45, 2.75) is 39.7 Å². The van der Waals surface area contributed by atoms with Crippen LogP contribution in [0.2, 0.25) is 10.0 Å². The Kier molecular flexibility index (Phi) is 6.42. The van der Waals surface area contributed by atoms with Crippen LogP contribution in [0.25, 0.3) is 11.0 Å². The number of hydrogen-bond acceptors (Lipinski definition) is 4. The predicted molar refractivity (Wildman–Crippen MR) is 134 cm³/mol. The van der Waals surface area contributed by atoms with Gasteiger partial charge in [-0.05, 0) is 29.8 Å². The number of anilines is 3. The number of fused-ring (bicyclic) bond motifs is 1. The van der Waals surface area contributed by atoms with E-state index in [9.17, 15) is 13.6 Å². The molecule has 1 aliphatic rings. The van der Waals surface area contributed by atoms with E-state index in [1.165, 1.54) is 0 Å². The van der Waals surface area contributed by atoms with Gasteiger partial charge in [0.15, 0.2) is 0 Å². The van der Waals surface area contributed by atoms with Crippen LogP contribution in [-0.4, -0.2) is 34.5 Å². The highest BCUT2D eigenvalue weighted by molar-refractivity contribution is 6.39. The molecule has 1 amide bonds. The molecular formula is C24H27Cl2F2N5O. The van der Waals surface area contributed by atoms with Crippen LogP contribution in [0.5, 0.6) is 0 Å². The monoisotopic (exact) mass is 509 g/mol. The second kappa shape index (κ2) is 8.89. The van der Waals surface area contributed by atoms with Gasteiger partial charge in [0.05, 0.1) is 33.3 Å². The van der Waals surface area contributed by atoms with Gasteiger partial charge in [-0.3, -0.25) is 4.79 Å². The maximum atomic E-state index is 13.7. The number of rotatable bonds is 5. The molecule has 34 heavy (non-hydrogen) atoms. The lowest BCUT2D eigenvalue weighted by Gasteiger charge is -2.19. The van der Waals surface area contributed by atoms with Gasteiger partial charge in [0.25, 0.3) is 5.92 Å². The average molecular weight is 510 g/mol. The zero-order valence-electron chi connectivity index (χ0n) is 19.5. The van der Waals surface area contributed by atoms with Crippen LogP contribution < -0.4 is 15.5 Å². The van der Waals surface area contributed by atoms with E-state index in [1.807, 2.05) is 44.5 Å². The molecule has 0 bridgehead atoms. The van der Waals surface area contributed by atoms with Gasteiger partial charge in [0.1, 0.15) is 0 Å². The summed E-state index contributed by atoms with van der Waals surface area (Å²) in [6, 6.07) is 8.96. The van der Waals surface area contributed by atoms with Crippen LogP contribution in [-0.2, 0) is 18.4 Å². The fourth-order valence-electron chi connectivity index (χ4n) is 3.84. The number of nitrogens with one attached hydrogen (secondary N) is 2. The Morgan fingerprint density at radius 2 is 1.94 bits per heavy atom. The van der Waals surface area contributed by atoms with Gasteiger partial charge < -0.3 is 20.1 Å². The number of alkyl halides is 2. The van der Waals surface area contributed by atoms with Crippen LogP contribution in [0.1, 0.15) is 32.8 Å². The first-order valence-electron chi connectivity index (χ1n) is 11.0. The average Bonchev–Trinajstić information content (AvgIpc) is 3.28. The molecule has 0 aliphatic carbocycles. The Bertz CT molecular complexity index is 1250. The zero-order valence-corrected chi connectivity index (χ0v) is 21.0. The fourth-order valence-corrected chi connectivity index (χ4v) is 4.37. The first-order chi connectivity index (χ1) is 15.9. The number of aromatic nitrogens is 2. The third-order valence-corrected chi connectivity index (χ3v) is 6.67. The van der Waals surface area contributed by atoms with Gasteiger partial charge >= 0.3 is 0 Å². The summed E-state index contributed by atoms with van der Waals surface area (Å²) in [5, 5.41) is 6.88. The summed E-state index contributed by atoms with van der Waals surface area (Å²) >= 11 is 13.1. The van der Waals surface area contributed by atoms with E-state index in [-0.39, 0.29) is 25.4 Å². The molecule has 0 radical (unpaired) electrons. The molecule has 4 rings (SSSR count). The largest absolute Gasteiger partial charge is 0.365 e. The molecule has 0 saturated carbocycles. The highest BCUT2D eigenvalue weighted by Gasteiger charge is 2.38. The van der Waals surface area contributed by atoms with E-state index in [4.69, 9.17) is 23.2 Å². The summed E-state index contributed by atoms with van der Waals surface area (Å²) in [5.41, 5.74) is 2.89. The number of amides is 1. The normalized spacial score (nSPS) is 15.7. The number of imidazole rings is 1. The summed E-state index contributed by atoms with van der Waals surface area (Å²) < 4.78 is 29.2. The zero-order chi connectivity index (χ0) is 24.8. The van der Waals surface area contributed by atoms with Crippen LogP contribution in [0.3, 0.4) is 0 Å². The van der Waals surface area contributed by atoms with E-state index in [0.29, 0.717) is 39.3 Å². The lowest BCUT2D eigenvalue weighted by Crippen LogP contribution is -2.34. The van der Waals surface area contributed by atoms with Crippen molar-refractivity contribution in [1.82, 2.24) is 14.9 Å². The fraction of sp³-hybridized carbons (Fsp3) is 0.417. The molecule has 1 saturated heterocycles. The Hall–Kier alpha value is -2.58. The van der Waals surface area contributed by atoms with Crippen LogP contribution >= 0.6 is 23.2 Å².